The molecular weight excluding hydrogens is 269 g/mol. The van der Waals surface area contributed by atoms with E-state index in [9.17, 15) is 4.39 Å². The van der Waals surface area contributed by atoms with Gasteiger partial charge in [-0.25, -0.2) is 4.39 Å². The van der Waals surface area contributed by atoms with Gasteiger partial charge in [0.1, 0.15) is 5.82 Å². The second-order valence-electron chi connectivity index (χ2n) is 6.33. The third-order valence-corrected chi connectivity index (χ3v) is 5.52. The minimum absolute atomic E-state index is 0.101. The number of hydrogen-bond acceptors (Lipinski definition) is 2. The lowest BCUT2D eigenvalue weighted by Gasteiger charge is -2.41. The highest BCUT2D eigenvalue weighted by atomic mass is 32.1. The van der Waals surface area contributed by atoms with E-state index in [0.717, 1.165) is 17.9 Å². The minimum Gasteiger partial charge on any atom is -0.299 e. The lowest BCUT2D eigenvalue weighted by molar-refractivity contribution is 0.118. The van der Waals surface area contributed by atoms with Gasteiger partial charge in [0.2, 0.25) is 0 Å². The maximum absolute atomic E-state index is 13.9. The van der Waals surface area contributed by atoms with Crippen molar-refractivity contribution >= 4 is 12.6 Å². The fraction of sp³-hybridized carbons (Fsp3) is 0.647. The molecule has 0 aliphatic heterocycles. The zero-order valence-electron chi connectivity index (χ0n) is 12.6. The molecule has 3 heteroatoms. The van der Waals surface area contributed by atoms with Gasteiger partial charge in [0, 0.05) is 18.2 Å². The van der Waals surface area contributed by atoms with Gasteiger partial charge in [-0.15, -0.1) is 0 Å². The smallest absolute Gasteiger partial charge is 0.127 e. The normalized spacial score (nSPS) is 20.1. The lowest BCUT2D eigenvalue weighted by Crippen LogP contribution is -2.40. The predicted molar refractivity (Wildman–Crippen MR) is 86.8 cm³/mol. The van der Waals surface area contributed by atoms with Crippen LogP contribution in [0.2, 0.25) is 0 Å². The first-order valence-electron chi connectivity index (χ1n) is 7.63. The summed E-state index contributed by atoms with van der Waals surface area (Å²) in [6.07, 6.45) is 6.47. The monoisotopic (exact) mass is 295 g/mol. The van der Waals surface area contributed by atoms with Crippen molar-refractivity contribution in [3.8, 4) is 0 Å². The van der Waals surface area contributed by atoms with Crippen molar-refractivity contribution in [2.75, 3.05) is 19.3 Å². The molecule has 0 saturated heterocycles. The van der Waals surface area contributed by atoms with Gasteiger partial charge in [-0.1, -0.05) is 37.5 Å². The summed E-state index contributed by atoms with van der Waals surface area (Å²) in [6.45, 7) is 3.10. The molecule has 1 nitrogen and oxygen atoms in total. The SMILES string of the molecule is CC(c1ccccc1F)N(C)CC1(CS)CCCCC1. The number of nitrogens with zero attached hydrogens (tertiary/aromatic N) is 1. The van der Waals surface area contributed by atoms with Crippen LogP contribution in [-0.2, 0) is 0 Å². The van der Waals surface area contributed by atoms with E-state index in [4.69, 9.17) is 0 Å². The van der Waals surface area contributed by atoms with Crippen LogP contribution in [0.4, 0.5) is 4.39 Å². The number of hydrogen-bond donors (Lipinski definition) is 1. The van der Waals surface area contributed by atoms with Crippen molar-refractivity contribution < 1.29 is 4.39 Å². The van der Waals surface area contributed by atoms with Crippen molar-refractivity contribution in [2.24, 2.45) is 5.41 Å². The molecule has 1 aliphatic rings. The van der Waals surface area contributed by atoms with E-state index in [-0.39, 0.29) is 11.9 Å². The molecule has 0 spiro atoms. The summed E-state index contributed by atoms with van der Waals surface area (Å²) >= 11 is 4.60. The van der Waals surface area contributed by atoms with Gasteiger partial charge >= 0.3 is 0 Å². The largest absolute Gasteiger partial charge is 0.299 e. The Morgan fingerprint density at radius 2 is 1.90 bits per heavy atom. The van der Waals surface area contributed by atoms with Crippen molar-refractivity contribution in [1.82, 2.24) is 4.90 Å². The summed E-state index contributed by atoms with van der Waals surface area (Å²) in [5.41, 5.74) is 1.11. The van der Waals surface area contributed by atoms with Crippen LogP contribution in [0.25, 0.3) is 0 Å². The van der Waals surface area contributed by atoms with Crippen molar-refractivity contribution in [1.29, 1.82) is 0 Å². The van der Waals surface area contributed by atoms with E-state index in [2.05, 4.69) is 31.5 Å². The Morgan fingerprint density at radius 3 is 2.50 bits per heavy atom. The summed E-state index contributed by atoms with van der Waals surface area (Å²) in [7, 11) is 2.11. The molecule has 0 heterocycles. The van der Waals surface area contributed by atoms with E-state index in [1.807, 2.05) is 12.1 Å². The number of rotatable bonds is 5. The maximum Gasteiger partial charge on any atom is 0.127 e. The van der Waals surface area contributed by atoms with E-state index in [1.165, 1.54) is 32.1 Å². The molecule has 0 bridgehead atoms. The predicted octanol–water partition coefficient (Wildman–Crippen LogP) is 4.70. The number of halogens is 1. The molecule has 0 radical (unpaired) electrons. The second-order valence-corrected chi connectivity index (χ2v) is 6.65. The first-order valence-corrected chi connectivity index (χ1v) is 8.27. The molecule has 2 rings (SSSR count). The molecule has 0 N–H and O–H groups in total. The van der Waals surface area contributed by atoms with Gasteiger partial charge in [0.15, 0.2) is 0 Å². The topological polar surface area (TPSA) is 3.24 Å². The molecule has 1 fully saturated rings. The molecular formula is C17H26FNS. The minimum atomic E-state index is -0.101. The molecule has 1 aliphatic carbocycles. The van der Waals surface area contributed by atoms with Gasteiger partial charge in [0.05, 0.1) is 0 Å². The third-order valence-electron chi connectivity index (χ3n) is 4.85. The van der Waals surface area contributed by atoms with Crippen LogP contribution in [0, 0.1) is 11.2 Å². The first kappa shape index (κ1) is 15.8. The van der Waals surface area contributed by atoms with Crippen molar-refractivity contribution in [3.05, 3.63) is 35.6 Å². The van der Waals surface area contributed by atoms with Gasteiger partial charge in [-0.3, -0.25) is 4.90 Å². The molecule has 0 aromatic heterocycles. The van der Waals surface area contributed by atoms with Crippen LogP contribution in [-0.4, -0.2) is 24.2 Å². The second kappa shape index (κ2) is 6.95. The fourth-order valence-electron chi connectivity index (χ4n) is 3.39. The first-order chi connectivity index (χ1) is 9.58. The van der Waals surface area contributed by atoms with E-state index in [0.29, 0.717) is 5.41 Å². The fourth-order valence-corrected chi connectivity index (χ4v) is 3.80. The highest BCUT2D eigenvalue weighted by molar-refractivity contribution is 7.80. The van der Waals surface area contributed by atoms with E-state index in [1.54, 1.807) is 12.1 Å². The van der Waals surface area contributed by atoms with Gasteiger partial charge in [-0.2, -0.15) is 12.6 Å². The average Bonchev–Trinajstić information content (AvgIpc) is 2.48. The molecule has 1 aromatic rings. The third kappa shape index (κ3) is 3.56. The Balaban J connectivity index is 2.07. The van der Waals surface area contributed by atoms with Crippen LogP contribution < -0.4 is 0 Å². The Kier molecular flexibility index (Phi) is 5.50. The molecule has 112 valence electrons. The Hall–Kier alpha value is -0.540. The van der Waals surface area contributed by atoms with Crippen LogP contribution in [0.5, 0.6) is 0 Å². The molecule has 1 atom stereocenters. The summed E-state index contributed by atoms with van der Waals surface area (Å²) < 4.78 is 13.9. The Bertz CT molecular complexity index is 429. The van der Waals surface area contributed by atoms with Gasteiger partial charge in [0.25, 0.3) is 0 Å². The Labute approximate surface area is 128 Å². The lowest BCUT2D eigenvalue weighted by atomic mass is 9.75. The highest BCUT2D eigenvalue weighted by Gasteiger charge is 2.33. The zero-order chi connectivity index (χ0) is 14.6. The van der Waals surface area contributed by atoms with Crippen LogP contribution in [0.1, 0.15) is 50.6 Å². The summed E-state index contributed by atoms with van der Waals surface area (Å²) in [5, 5.41) is 0. The van der Waals surface area contributed by atoms with Crippen LogP contribution in [0.3, 0.4) is 0 Å². The summed E-state index contributed by atoms with van der Waals surface area (Å²) in [5.74, 6) is 0.830. The van der Waals surface area contributed by atoms with E-state index >= 15 is 0 Å². The zero-order valence-corrected chi connectivity index (χ0v) is 13.5. The molecule has 1 saturated carbocycles. The molecule has 1 unspecified atom stereocenters. The van der Waals surface area contributed by atoms with Gasteiger partial charge < -0.3 is 0 Å². The molecule has 20 heavy (non-hydrogen) atoms. The Morgan fingerprint density at radius 1 is 1.25 bits per heavy atom. The number of benzene rings is 1. The maximum atomic E-state index is 13.9. The molecule has 1 aromatic carbocycles. The summed E-state index contributed by atoms with van der Waals surface area (Å²) in [4.78, 5) is 2.29. The quantitative estimate of drug-likeness (QED) is 0.771. The van der Waals surface area contributed by atoms with Crippen LogP contribution >= 0.6 is 12.6 Å². The summed E-state index contributed by atoms with van der Waals surface area (Å²) in [6, 6.07) is 7.22. The van der Waals surface area contributed by atoms with E-state index < -0.39 is 0 Å². The van der Waals surface area contributed by atoms with Crippen LogP contribution in [0.15, 0.2) is 24.3 Å². The van der Waals surface area contributed by atoms with Crippen molar-refractivity contribution in [3.63, 3.8) is 0 Å². The average molecular weight is 295 g/mol. The van der Waals surface area contributed by atoms with Gasteiger partial charge in [-0.05, 0) is 44.0 Å². The highest BCUT2D eigenvalue weighted by Crippen LogP contribution is 2.39. The molecule has 0 amide bonds. The number of thiol groups is 1. The standard InChI is InChI=1S/C17H26FNS/c1-14(15-8-4-5-9-16(15)18)19(2)12-17(13-20)10-6-3-7-11-17/h4-5,8-9,14,20H,3,6-7,10-13H2,1-2H3. The van der Waals surface area contributed by atoms with Crippen molar-refractivity contribution in [2.45, 2.75) is 45.1 Å².